The van der Waals surface area contributed by atoms with Crippen LogP contribution in [0.25, 0.3) is 11.0 Å². The lowest BCUT2D eigenvalue weighted by Gasteiger charge is -2.39. The molecule has 3 heterocycles. The van der Waals surface area contributed by atoms with E-state index in [0.29, 0.717) is 46.7 Å². The molecular formula is C27H28ClNO6. The van der Waals surface area contributed by atoms with E-state index in [1.54, 1.807) is 25.1 Å². The first kappa shape index (κ1) is 23.8. The van der Waals surface area contributed by atoms with Gasteiger partial charge in [0.25, 0.3) is 0 Å². The summed E-state index contributed by atoms with van der Waals surface area (Å²) in [7, 11) is 0. The van der Waals surface area contributed by atoms with Gasteiger partial charge in [0, 0.05) is 40.6 Å². The predicted molar refractivity (Wildman–Crippen MR) is 131 cm³/mol. The van der Waals surface area contributed by atoms with Crippen LogP contribution in [0.1, 0.15) is 57.9 Å². The van der Waals surface area contributed by atoms with Gasteiger partial charge in [0.15, 0.2) is 11.2 Å². The molecule has 35 heavy (non-hydrogen) atoms. The number of hydrogen-bond donors (Lipinski definition) is 1. The Bertz CT molecular complexity index is 1350. The molecule has 1 saturated heterocycles. The summed E-state index contributed by atoms with van der Waals surface area (Å²) in [4.78, 5) is 40.5. The molecule has 1 aromatic carbocycles. The smallest absolute Gasteiger partial charge is 0.336 e. The van der Waals surface area contributed by atoms with Crippen LogP contribution in [-0.4, -0.2) is 31.1 Å². The number of halogens is 1. The fourth-order valence-electron chi connectivity index (χ4n) is 5.36. The van der Waals surface area contributed by atoms with Crippen molar-refractivity contribution in [2.24, 2.45) is 5.41 Å². The van der Waals surface area contributed by atoms with E-state index in [1.807, 2.05) is 13.8 Å². The van der Waals surface area contributed by atoms with E-state index in [9.17, 15) is 14.4 Å². The lowest BCUT2D eigenvalue weighted by Crippen LogP contribution is -2.40. The highest BCUT2D eigenvalue weighted by Crippen LogP contribution is 2.46. The Balaban J connectivity index is 1.63. The van der Waals surface area contributed by atoms with Crippen molar-refractivity contribution in [3.05, 3.63) is 67.8 Å². The summed E-state index contributed by atoms with van der Waals surface area (Å²) in [6.07, 6.45) is 3.89. The number of carbonyl (C=O) groups is 2. The van der Waals surface area contributed by atoms with Crippen molar-refractivity contribution in [1.29, 1.82) is 0 Å². The van der Waals surface area contributed by atoms with Gasteiger partial charge in [-0.1, -0.05) is 25.4 Å². The summed E-state index contributed by atoms with van der Waals surface area (Å²) in [5, 5.41) is 3.97. The van der Waals surface area contributed by atoms with Crippen LogP contribution < -0.4 is 10.7 Å². The number of esters is 1. The van der Waals surface area contributed by atoms with Gasteiger partial charge in [-0.3, -0.25) is 9.59 Å². The number of carbonyl (C=O) groups excluding carboxylic acids is 2. The van der Waals surface area contributed by atoms with E-state index in [4.69, 9.17) is 25.5 Å². The van der Waals surface area contributed by atoms with Crippen LogP contribution in [-0.2, 0) is 19.1 Å². The van der Waals surface area contributed by atoms with Crippen LogP contribution in [0.4, 0.5) is 0 Å². The summed E-state index contributed by atoms with van der Waals surface area (Å²) < 4.78 is 17.0. The number of dihydropyridines is 1. The zero-order valence-corrected chi connectivity index (χ0v) is 20.8. The van der Waals surface area contributed by atoms with Gasteiger partial charge in [-0.2, -0.15) is 0 Å². The average molecular weight is 498 g/mol. The van der Waals surface area contributed by atoms with Gasteiger partial charge in [-0.05, 0) is 49.8 Å². The molecule has 1 N–H and O–H groups in total. The van der Waals surface area contributed by atoms with Gasteiger partial charge in [-0.15, -0.1) is 0 Å². The van der Waals surface area contributed by atoms with E-state index >= 15 is 0 Å². The minimum atomic E-state index is -0.897. The Labute approximate surface area is 208 Å². The molecule has 2 aromatic rings. The predicted octanol–water partition coefficient (Wildman–Crippen LogP) is 4.77. The van der Waals surface area contributed by atoms with Crippen molar-refractivity contribution >= 4 is 34.3 Å². The number of Topliss-reactive ketones (excluding diaryl/α,β-unsaturated/α-hetero) is 1. The maximum atomic E-state index is 13.7. The molecule has 8 heteroatoms. The van der Waals surface area contributed by atoms with Crippen molar-refractivity contribution in [2.45, 2.75) is 58.5 Å². The molecule has 0 unspecified atom stereocenters. The molecule has 2 atom stereocenters. The van der Waals surface area contributed by atoms with E-state index < -0.39 is 11.9 Å². The van der Waals surface area contributed by atoms with Gasteiger partial charge in [-0.25, -0.2) is 4.79 Å². The van der Waals surface area contributed by atoms with Crippen LogP contribution >= 0.6 is 11.6 Å². The molecule has 0 radical (unpaired) electrons. The summed E-state index contributed by atoms with van der Waals surface area (Å²) in [6.45, 7) is 6.60. The molecule has 1 aliphatic carbocycles. The van der Waals surface area contributed by atoms with E-state index in [0.717, 1.165) is 18.5 Å². The highest BCUT2D eigenvalue weighted by atomic mass is 35.5. The number of nitrogens with one attached hydrogen (secondary N) is 1. The summed E-state index contributed by atoms with van der Waals surface area (Å²) >= 11 is 6.15. The standard InChI is InChI=1S/C27H28ClNO6/c1-14-22(26(32)35-12-16-5-4-8-33-16)23(24-19(29-14)10-27(2,3)11-20(24)30)18-13-34-21-7-6-15(28)9-17(21)25(18)31/h6-7,9,13,16,23,29H,4-5,8,10-12H2,1-3H3/t16-,23+/m1/s1. The second kappa shape index (κ2) is 8.95. The number of ether oxygens (including phenoxy) is 2. The Morgan fingerprint density at radius 2 is 2.06 bits per heavy atom. The van der Waals surface area contributed by atoms with Gasteiger partial charge in [0.05, 0.1) is 29.2 Å². The molecule has 7 nitrogen and oxygen atoms in total. The normalized spacial score (nSPS) is 23.9. The molecule has 0 saturated carbocycles. The first-order valence-electron chi connectivity index (χ1n) is 11.9. The number of fused-ring (bicyclic) bond motifs is 1. The second-order valence-corrected chi connectivity index (χ2v) is 10.8. The average Bonchev–Trinajstić information content (AvgIpc) is 3.30. The Hall–Kier alpha value is -2.90. The Kier molecular flexibility index (Phi) is 6.09. The third-order valence-corrected chi connectivity index (χ3v) is 7.19. The molecule has 1 fully saturated rings. The molecule has 2 aliphatic heterocycles. The number of ketones is 1. The molecule has 5 rings (SSSR count). The molecule has 0 amide bonds. The molecule has 0 bridgehead atoms. The number of benzene rings is 1. The molecule has 1 aromatic heterocycles. The minimum absolute atomic E-state index is 0.101. The lowest BCUT2D eigenvalue weighted by atomic mass is 9.68. The Morgan fingerprint density at radius 3 is 2.80 bits per heavy atom. The first-order valence-corrected chi connectivity index (χ1v) is 12.3. The van der Waals surface area contributed by atoms with Gasteiger partial charge >= 0.3 is 5.97 Å². The lowest BCUT2D eigenvalue weighted by molar-refractivity contribution is -0.142. The fourth-order valence-corrected chi connectivity index (χ4v) is 5.53. The van der Waals surface area contributed by atoms with Crippen LogP contribution in [0.3, 0.4) is 0 Å². The third-order valence-electron chi connectivity index (χ3n) is 6.96. The van der Waals surface area contributed by atoms with E-state index in [-0.39, 0.29) is 40.5 Å². The first-order chi connectivity index (χ1) is 16.6. The Morgan fingerprint density at radius 1 is 1.26 bits per heavy atom. The zero-order chi connectivity index (χ0) is 24.9. The fraction of sp³-hybridized carbons (Fsp3) is 0.444. The molecule has 184 valence electrons. The molecule has 0 spiro atoms. The number of hydrogen-bond acceptors (Lipinski definition) is 7. The number of allylic oxidation sites excluding steroid dienone is 3. The van der Waals surface area contributed by atoms with Crippen LogP contribution in [0.5, 0.6) is 0 Å². The minimum Gasteiger partial charge on any atom is -0.464 e. The van der Waals surface area contributed by atoms with Crippen molar-refractivity contribution in [3.63, 3.8) is 0 Å². The van der Waals surface area contributed by atoms with E-state index in [2.05, 4.69) is 5.32 Å². The maximum absolute atomic E-state index is 13.7. The second-order valence-electron chi connectivity index (χ2n) is 10.3. The molecule has 3 aliphatic rings. The summed E-state index contributed by atoms with van der Waals surface area (Å²) in [5.41, 5.74) is 1.97. The zero-order valence-electron chi connectivity index (χ0n) is 20.0. The topological polar surface area (TPSA) is 94.8 Å². The third kappa shape index (κ3) is 4.43. The van der Waals surface area contributed by atoms with Crippen molar-refractivity contribution in [1.82, 2.24) is 5.32 Å². The summed E-state index contributed by atoms with van der Waals surface area (Å²) in [6, 6.07) is 4.81. The molecular weight excluding hydrogens is 470 g/mol. The van der Waals surface area contributed by atoms with Gasteiger partial charge < -0.3 is 19.2 Å². The van der Waals surface area contributed by atoms with Gasteiger partial charge in [0.1, 0.15) is 12.2 Å². The van der Waals surface area contributed by atoms with Crippen LogP contribution in [0.2, 0.25) is 5.02 Å². The number of rotatable bonds is 4. The highest BCUT2D eigenvalue weighted by Gasteiger charge is 2.44. The van der Waals surface area contributed by atoms with Crippen molar-refractivity contribution < 1.29 is 23.5 Å². The van der Waals surface area contributed by atoms with Crippen molar-refractivity contribution in [2.75, 3.05) is 13.2 Å². The van der Waals surface area contributed by atoms with Crippen LogP contribution in [0.15, 0.2) is 56.2 Å². The largest absolute Gasteiger partial charge is 0.464 e. The van der Waals surface area contributed by atoms with E-state index in [1.165, 1.54) is 6.26 Å². The SMILES string of the molecule is CC1=C(C(=O)OC[C@H]2CCCO2)[C@H](c2coc3ccc(Cl)cc3c2=O)C2=C(CC(C)(C)CC2=O)N1. The van der Waals surface area contributed by atoms with Gasteiger partial charge in [0.2, 0.25) is 0 Å². The monoisotopic (exact) mass is 497 g/mol. The maximum Gasteiger partial charge on any atom is 0.336 e. The van der Waals surface area contributed by atoms with Crippen LogP contribution in [0, 0.1) is 5.41 Å². The highest BCUT2D eigenvalue weighted by molar-refractivity contribution is 6.31. The quantitative estimate of drug-likeness (QED) is 0.608. The summed E-state index contributed by atoms with van der Waals surface area (Å²) in [5.74, 6) is -1.58. The van der Waals surface area contributed by atoms with Crippen molar-refractivity contribution in [3.8, 4) is 0 Å².